The average Bonchev–Trinajstić information content (AvgIpc) is 2.96. The van der Waals surface area contributed by atoms with E-state index in [2.05, 4.69) is 10.4 Å². The van der Waals surface area contributed by atoms with E-state index in [1.165, 1.54) is 17.7 Å². The predicted molar refractivity (Wildman–Crippen MR) is 69.7 cm³/mol. The Balaban J connectivity index is 1.77. The van der Waals surface area contributed by atoms with Crippen LogP contribution in [-0.2, 0) is 4.74 Å². The van der Waals surface area contributed by atoms with Crippen LogP contribution in [0.1, 0.15) is 48.7 Å². The van der Waals surface area contributed by atoms with Crippen LogP contribution in [0.15, 0.2) is 5.51 Å². The summed E-state index contributed by atoms with van der Waals surface area (Å²) in [6.45, 7) is 2.98. The summed E-state index contributed by atoms with van der Waals surface area (Å²) in [4.78, 5) is 5.53. The molecule has 0 amide bonds. The number of nitrogens with two attached hydrogens (primary N) is 1. The van der Waals surface area contributed by atoms with Gasteiger partial charge in [-0.15, -0.1) is 11.3 Å². The molecule has 2 rings (SSSR count). The Morgan fingerprint density at radius 1 is 1.71 bits per heavy atom. The average molecular weight is 255 g/mol. The van der Waals surface area contributed by atoms with Gasteiger partial charge in [0, 0.05) is 11.5 Å². The highest BCUT2D eigenvalue weighted by Gasteiger charge is 2.18. The van der Waals surface area contributed by atoms with Gasteiger partial charge < -0.3 is 4.74 Å². The molecule has 1 aromatic rings. The van der Waals surface area contributed by atoms with Gasteiger partial charge in [-0.25, -0.2) is 4.98 Å². The van der Waals surface area contributed by atoms with Crippen molar-refractivity contribution in [3.8, 4) is 0 Å². The van der Waals surface area contributed by atoms with E-state index in [0.717, 1.165) is 31.6 Å². The van der Waals surface area contributed by atoms with Crippen LogP contribution in [0.4, 0.5) is 0 Å². The van der Waals surface area contributed by atoms with E-state index in [1.807, 2.05) is 12.4 Å². The van der Waals surface area contributed by atoms with Gasteiger partial charge in [0.2, 0.25) is 0 Å². The van der Waals surface area contributed by atoms with Crippen molar-refractivity contribution in [1.29, 1.82) is 0 Å². The van der Waals surface area contributed by atoms with Crippen molar-refractivity contribution in [3.05, 3.63) is 16.1 Å². The van der Waals surface area contributed by atoms with Crippen LogP contribution in [0.5, 0.6) is 0 Å². The molecular formula is C12H21N3OS. The lowest BCUT2D eigenvalue weighted by atomic mass is 10.0. The summed E-state index contributed by atoms with van der Waals surface area (Å²) in [6.07, 6.45) is 6.28. The molecule has 3 N–H and O–H groups in total. The first-order chi connectivity index (χ1) is 8.31. The molecule has 2 heterocycles. The van der Waals surface area contributed by atoms with Gasteiger partial charge in [0.25, 0.3) is 0 Å². The molecule has 0 spiro atoms. The van der Waals surface area contributed by atoms with E-state index >= 15 is 0 Å². The Kier molecular flexibility index (Phi) is 4.91. The Hall–Kier alpha value is -0.490. The fraction of sp³-hybridized carbons (Fsp3) is 0.750. The summed E-state index contributed by atoms with van der Waals surface area (Å²) in [5, 5.41) is 0. The number of thiazole rings is 1. The van der Waals surface area contributed by atoms with Gasteiger partial charge >= 0.3 is 0 Å². The van der Waals surface area contributed by atoms with Crippen molar-refractivity contribution in [1.82, 2.24) is 10.4 Å². The van der Waals surface area contributed by atoms with Crippen LogP contribution in [0.25, 0.3) is 0 Å². The Labute approximate surface area is 107 Å². The summed E-state index contributed by atoms with van der Waals surface area (Å²) < 4.78 is 5.62. The summed E-state index contributed by atoms with van der Waals surface area (Å²) in [6, 6.07) is 0.240. The highest BCUT2D eigenvalue weighted by molar-refractivity contribution is 7.09. The van der Waals surface area contributed by atoms with Gasteiger partial charge in [0.05, 0.1) is 23.4 Å². The van der Waals surface area contributed by atoms with Crippen molar-refractivity contribution in [2.24, 2.45) is 5.84 Å². The second-order valence-electron chi connectivity index (χ2n) is 4.59. The minimum atomic E-state index is 0.240. The molecule has 0 aromatic carbocycles. The zero-order chi connectivity index (χ0) is 12.1. The normalized spacial score (nSPS) is 21.9. The lowest BCUT2D eigenvalue weighted by molar-refractivity contribution is 0.101. The SMILES string of the molecule is Cc1ncsc1C(CCCC1CCCO1)NN. The van der Waals surface area contributed by atoms with Crippen molar-refractivity contribution in [3.63, 3.8) is 0 Å². The molecule has 17 heavy (non-hydrogen) atoms. The molecule has 0 saturated carbocycles. The number of ether oxygens (including phenoxy) is 1. The maximum atomic E-state index is 5.62. The minimum Gasteiger partial charge on any atom is -0.378 e. The molecule has 2 unspecified atom stereocenters. The molecule has 1 aliphatic rings. The fourth-order valence-electron chi connectivity index (χ4n) is 2.36. The smallest absolute Gasteiger partial charge is 0.0798 e. The highest BCUT2D eigenvalue weighted by Crippen LogP contribution is 2.26. The van der Waals surface area contributed by atoms with Crippen LogP contribution >= 0.6 is 11.3 Å². The molecule has 5 heteroatoms. The van der Waals surface area contributed by atoms with Gasteiger partial charge in [-0.3, -0.25) is 11.3 Å². The van der Waals surface area contributed by atoms with Gasteiger partial charge in [0.1, 0.15) is 0 Å². The van der Waals surface area contributed by atoms with E-state index in [1.54, 1.807) is 11.3 Å². The largest absolute Gasteiger partial charge is 0.378 e. The third kappa shape index (κ3) is 3.48. The fourth-order valence-corrected chi connectivity index (χ4v) is 3.25. The highest BCUT2D eigenvalue weighted by atomic mass is 32.1. The lowest BCUT2D eigenvalue weighted by Gasteiger charge is -2.16. The summed E-state index contributed by atoms with van der Waals surface area (Å²) in [5.74, 6) is 5.62. The molecule has 0 bridgehead atoms. The van der Waals surface area contributed by atoms with Crippen LogP contribution in [0, 0.1) is 6.92 Å². The number of hydrogen-bond acceptors (Lipinski definition) is 5. The number of hydrazine groups is 1. The van der Waals surface area contributed by atoms with Crippen LogP contribution in [-0.4, -0.2) is 17.7 Å². The maximum Gasteiger partial charge on any atom is 0.0798 e. The summed E-state index contributed by atoms with van der Waals surface area (Å²) in [5.41, 5.74) is 5.88. The topological polar surface area (TPSA) is 60.2 Å². The second-order valence-corrected chi connectivity index (χ2v) is 5.47. The first-order valence-electron chi connectivity index (χ1n) is 6.29. The number of nitrogens with one attached hydrogen (secondary N) is 1. The molecule has 2 atom stereocenters. The molecule has 0 aliphatic carbocycles. The molecule has 4 nitrogen and oxygen atoms in total. The second kappa shape index (κ2) is 6.44. The van der Waals surface area contributed by atoms with E-state index in [0.29, 0.717) is 6.10 Å². The molecule has 1 saturated heterocycles. The molecule has 0 radical (unpaired) electrons. The minimum absolute atomic E-state index is 0.240. The number of nitrogens with zero attached hydrogens (tertiary/aromatic N) is 1. The first-order valence-corrected chi connectivity index (χ1v) is 7.17. The summed E-state index contributed by atoms with van der Waals surface area (Å²) >= 11 is 1.68. The van der Waals surface area contributed by atoms with Crippen molar-refractivity contribution >= 4 is 11.3 Å². The standard InChI is InChI=1S/C12H21N3OS/c1-9-12(17-8-14-9)11(15-13)6-2-4-10-5-3-7-16-10/h8,10-11,15H,2-7,13H2,1H3. The first kappa shape index (κ1) is 13.0. The van der Waals surface area contributed by atoms with Gasteiger partial charge in [0.15, 0.2) is 0 Å². The Bertz CT molecular complexity index is 336. The Morgan fingerprint density at radius 2 is 2.59 bits per heavy atom. The maximum absolute atomic E-state index is 5.62. The van der Waals surface area contributed by atoms with Crippen LogP contribution < -0.4 is 11.3 Å². The number of aryl methyl sites for hydroxylation is 1. The third-order valence-electron chi connectivity index (χ3n) is 3.34. The van der Waals surface area contributed by atoms with Gasteiger partial charge in [-0.05, 0) is 39.0 Å². The summed E-state index contributed by atoms with van der Waals surface area (Å²) in [7, 11) is 0. The van der Waals surface area contributed by atoms with Crippen LogP contribution in [0.3, 0.4) is 0 Å². The quantitative estimate of drug-likeness (QED) is 0.605. The molecule has 1 fully saturated rings. The van der Waals surface area contributed by atoms with E-state index in [-0.39, 0.29) is 6.04 Å². The molecule has 96 valence electrons. The third-order valence-corrected chi connectivity index (χ3v) is 4.39. The van der Waals surface area contributed by atoms with E-state index < -0.39 is 0 Å². The van der Waals surface area contributed by atoms with Gasteiger partial charge in [-0.2, -0.15) is 0 Å². The molecule has 1 aliphatic heterocycles. The number of hydrogen-bond donors (Lipinski definition) is 2. The zero-order valence-electron chi connectivity index (χ0n) is 10.3. The van der Waals surface area contributed by atoms with Gasteiger partial charge in [-0.1, -0.05) is 0 Å². The number of aromatic nitrogens is 1. The van der Waals surface area contributed by atoms with E-state index in [9.17, 15) is 0 Å². The zero-order valence-corrected chi connectivity index (χ0v) is 11.1. The monoisotopic (exact) mass is 255 g/mol. The number of rotatable bonds is 6. The van der Waals surface area contributed by atoms with Crippen LogP contribution in [0.2, 0.25) is 0 Å². The van der Waals surface area contributed by atoms with Crippen molar-refractivity contribution in [2.45, 2.75) is 51.2 Å². The molecular weight excluding hydrogens is 234 g/mol. The predicted octanol–water partition coefficient (Wildman–Crippen LogP) is 2.31. The van der Waals surface area contributed by atoms with Crippen molar-refractivity contribution in [2.75, 3.05) is 6.61 Å². The van der Waals surface area contributed by atoms with Crippen molar-refractivity contribution < 1.29 is 4.74 Å². The lowest BCUT2D eigenvalue weighted by Crippen LogP contribution is -2.28. The van der Waals surface area contributed by atoms with E-state index in [4.69, 9.17) is 10.6 Å². The molecule has 1 aromatic heterocycles. The Morgan fingerprint density at radius 3 is 3.18 bits per heavy atom.